The number of benzene rings is 5. The van der Waals surface area contributed by atoms with Crippen LogP contribution in [0.1, 0.15) is 97.2 Å². The lowest BCUT2D eigenvalue weighted by Crippen LogP contribution is -2.17. The minimum absolute atomic E-state index is 0.241. The van der Waals surface area contributed by atoms with Crippen LogP contribution >= 0.6 is 16.8 Å². The summed E-state index contributed by atoms with van der Waals surface area (Å²) >= 11 is 0. The number of methoxy groups -OCH3 is 2. The highest BCUT2D eigenvalue weighted by Crippen LogP contribution is 2.53. The van der Waals surface area contributed by atoms with Crippen LogP contribution in [-0.2, 0) is 21.1 Å². The van der Waals surface area contributed by atoms with Gasteiger partial charge >= 0.3 is 16.8 Å². The number of hydrogen-bond acceptors (Lipinski definition) is 8. The third-order valence-electron chi connectivity index (χ3n) is 11.6. The lowest BCUT2D eigenvalue weighted by atomic mass is 9.84. The molecule has 0 fully saturated rings. The minimum atomic E-state index is -2.07. The molecule has 10 heteroatoms. The van der Waals surface area contributed by atoms with Crippen molar-refractivity contribution in [2.75, 3.05) is 20.8 Å². The molecule has 0 saturated heterocycles. The summed E-state index contributed by atoms with van der Waals surface area (Å²) in [5, 5.41) is 1.99. The Kier molecular flexibility index (Phi) is 13.5. The van der Waals surface area contributed by atoms with Gasteiger partial charge in [-0.2, -0.15) is 0 Å². The summed E-state index contributed by atoms with van der Waals surface area (Å²) in [4.78, 5) is 0. The van der Waals surface area contributed by atoms with E-state index < -0.39 is 16.8 Å². The van der Waals surface area contributed by atoms with Crippen LogP contribution < -0.4 is 18.3 Å². The van der Waals surface area contributed by atoms with Gasteiger partial charge in [0.15, 0.2) is 0 Å². The van der Waals surface area contributed by atoms with Gasteiger partial charge in [0.2, 0.25) is 0 Å². The standard InChI is InChI=1S/C54H64O8P2/c1-31-19-35(5)48(58-63-57-30-40(53(9,10)11)28-41(55-15)18-17-39-27-42(56-16)29-47(52(39)62-63)54(12,13)14)43(23-31)44-24-32(2)20-36(6)49(44)59-64-60-50-37(7)21-33(3)25-45(50)46-26-34(4)22-38(8)51(46)61-64/h18-29H,17,30H2,1-16H3. The summed E-state index contributed by atoms with van der Waals surface area (Å²) in [6.07, 6.45) is 4.70. The lowest BCUT2D eigenvalue weighted by molar-refractivity contribution is 0.263. The number of rotatable bonds is 7. The average Bonchev–Trinajstić information content (AvgIpc) is 3.37. The van der Waals surface area contributed by atoms with Gasteiger partial charge in [-0.15, -0.1) is 0 Å². The normalized spacial score (nSPS) is 14.8. The SMILES string of the molecule is COC1=CCc2cc(OC)cc(C(C)(C)C)c2OP(Oc2c(C)cc(C)cc2-c2cc(C)cc(C)c2Op2oc3c(C)cc(C)cc3c3cc(C)cc(C)c3o2)OCC(C(C)(C)C)=C1. The number of allylic oxidation sites excluding steroid dienone is 2. The fraction of sp³-hybridized carbons (Fsp3) is 0.370. The minimum Gasteiger partial charge on any atom is -0.497 e. The Morgan fingerprint density at radius 1 is 0.562 bits per heavy atom. The highest BCUT2D eigenvalue weighted by Gasteiger charge is 2.32. The smallest absolute Gasteiger partial charge is 0.463 e. The maximum Gasteiger partial charge on any atom is 0.463 e. The number of hydrogen-bond donors (Lipinski definition) is 0. The molecule has 0 spiro atoms. The first-order chi connectivity index (χ1) is 30.1. The van der Waals surface area contributed by atoms with Crippen LogP contribution in [0, 0.1) is 60.8 Å². The Hall–Kier alpha value is -5.13. The van der Waals surface area contributed by atoms with Gasteiger partial charge in [-0.1, -0.05) is 65.8 Å². The van der Waals surface area contributed by atoms with Crippen LogP contribution in [0.25, 0.3) is 33.1 Å². The van der Waals surface area contributed by atoms with Crippen molar-refractivity contribution in [3.05, 3.63) is 140 Å². The predicted octanol–water partition coefficient (Wildman–Crippen LogP) is 16.3. The molecule has 8 nitrogen and oxygen atoms in total. The predicted molar refractivity (Wildman–Crippen MR) is 264 cm³/mol. The Labute approximate surface area is 382 Å². The molecule has 64 heavy (non-hydrogen) atoms. The molecule has 1 atom stereocenters. The molecule has 0 radical (unpaired) electrons. The van der Waals surface area contributed by atoms with E-state index in [-0.39, 0.29) is 17.4 Å². The molecule has 0 saturated carbocycles. The molecular formula is C54H64O8P2. The van der Waals surface area contributed by atoms with E-state index in [0.717, 1.165) is 106 Å². The van der Waals surface area contributed by atoms with Crippen molar-refractivity contribution in [1.82, 2.24) is 0 Å². The molecule has 2 heterocycles. The Bertz CT molecular complexity index is 2800. The van der Waals surface area contributed by atoms with Gasteiger partial charge < -0.3 is 31.4 Å². The Morgan fingerprint density at radius 3 is 1.58 bits per heavy atom. The van der Waals surface area contributed by atoms with E-state index in [2.05, 4.69) is 164 Å². The van der Waals surface area contributed by atoms with E-state index in [4.69, 9.17) is 36.0 Å². The molecular weight excluding hydrogens is 839 g/mol. The van der Waals surface area contributed by atoms with Crippen molar-refractivity contribution < 1.29 is 36.0 Å². The monoisotopic (exact) mass is 902 g/mol. The Morgan fingerprint density at radius 2 is 1.08 bits per heavy atom. The zero-order valence-corrected chi connectivity index (χ0v) is 42.3. The van der Waals surface area contributed by atoms with E-state index in [1.165, 1.54) is 0 Å². The van der Waals surface area contributed by atoms with Gasteiger partial charge in [0.05, 0.1) is 20.8 Å². The van der Waals surface area contributed by atoms with Crippen molar-refractivity contribution in [2.45, 2.75) is 109 Å². The molecule has 0 bridgehead atoms. The maximum atomic E-state index is 7.19. The zero-order valence-electron chi connectivity index (χ0n) is 40.5. The van der Waals surface area contributed by atoms with Crippen molar-refractivity contribution >= 4 is 38.8 Å². The molecule has 1 aromatic heterocycles. The van der Waals surface area contributed by atoms with Gasteiger partial charge in [0, 0.05) is 33.0 Å². The van der Waals surface area contributed by atoms with Crippen molar-refractivity contribution in [3.8, 4) is 34.1 Å². The summed E-state index contributed by atoms with van der Waals surface area (Å²) in [7, 11) is -0.651. The quantitative estimate of drug-likeness (QED) is 0.147. The first kappa shape index (κ1) is 46.9. The summed E-state index contributed by atoms with van der Waals surface area (Å²) in [6.45, 7) is 30.0. The van der Waals surface area contributed by atoms with Crippen LogP contribution in [0.3, 0.4) is 0 Å². The van der Waals surface area contributed by atoms with Crippen molar-refractivity contribution in [1.29, 1.82) is 0 Å². The Balaban J connectivity index is 1.42. The van der Waals surface area contributed by atoms with Crippen molar-refractivity contribution in [2.24, 2.45) is 5.41 Å². The molecule has 6 aromatic rings. The summed E-state index contributed by atoms with van der Waals surface area (Å²) < 4.78 is 53.6. The van der Waals surface area contributed by atoms with Gasteiger partial charge in [0.25, 0.3) is 0 Å². The molecule has 5 aromatic carbocycles. The zero-order chi connectivity index (χ0) is 46.4. The molecule has 1 aliphatic heterocycles. The van der Waals surface area contributed by atoms with E-state index >= 15 is 0 Å². The topological polar surface area (TPSA) is 81.7 Å². The van der Waals surface area contributed by atoms with E-state index in [1.807, 2.05) is 6.07 Å². The molecule has 0 N–H and O–H groups in total. The second kappa shape index (κ2) is 18.4. The fourth-order valence-corrected chi connectivity index (χ4v) is 10.8. The van der Waals surface area contributed by atoms with Crippen LogP contribution in [0.15, 0.2) is 92.5 Å². The largest absolute Gasteiger partial charge is 0.497 e. The van der Waals surface area contributed by atoms with E-state index in [1.54, 1.807) is 14.2 Å². The second-order valence-corrected chi connectivity index (χ2v) is 21.4. The molecule has 338 valence electrons. The first-order valence-electron chi connectivity index (χ1n) is 21.9. The highest BCUT2D eigenvalue weighted by molar-refractivity contribution is 7.42. The number of aryl methyl sites for hydroxylation is 8. The molecule has 0 amide bonds. The molecule has 1 unspecified atom stereocenters. The molecule has 1 aliphatic rings. The van der Waals surface area contributed by atoms with Gasteiger partial charge in [-0.05, 0) is 171 Å². The van der Waals surface area contributed by atoms with Crippen molar-refractivity contribution in [3.63, 3.8) is 0 Å². The summed E-state index contributed by atoms with van der Waals surface area (Å²) in [5.74, 6) is 3.48. The second-order valence-electron chi connectivity index (χ2n) is 19.4. The van der Waals surface area contributed by atoms with Crippen LogP contribution in [0.5, 0.6) is 23.0 Å². The third-order valence-corrected chi connectivity index (χ3v) is 13.6. The average molecular weight is 903 g/mol. The maximum absolute atomic E-state index is 7.19. The highest BCUT2D eigenvalue weighted by atomic mass is 31.2. The summed E-state index contributed by atoms with van der Waals surface area (Å²) in [6, 6.07) is 21.2. The van der Waals surface area contributed by atoms with Crippen LogP contribution in [0.4, 0.5) is 0 Å². The van der Waals surface area contributed by atoms with Crippen LogP contribution in [0.2, 0.25) is 0 Å². The number of fused-ring (bicyclic) bond motifs is 4. The molecule has 0 aliphatic carbocycles. The third kappa shape index (κ3) is 10.1. The van der Waals surface area contributed by atoms with Crippen LogP contribution in [-0.4, -0.2) is 20.8 Å². The molecule has 7 rings (SSSR count). The van der Waals surface area contributed by atoms with E-state index in [9.17, 15) is 0 Å². The number of ether oxygens (including phenoxy) is 2. The lowest BCUT2D eigenvalue weighted by Gasteiger charge is -2.29. The van der Waals surface area contributed by atoms with Gasteiger partial charge in [0.1, 0.15) is 39.9 Å². The summed E-state index contributed by atoms with van der Waals surface area (Å²) in [5.41, 5.74) is 13.9. The van der Waals surface area contributed by atoms with Gasteiger partial charge in [-0.3, -0.25) is 4.52 Å². The fourth-order valence-electron chi connectivity index (χ4n) is 8.38. The van der Waals surface area contributed by atoms with Gasteiger partial charge in [-0.25, -0.2) is 0 Å². The first-order valence-corrected chi connectivity index (χ1v) is 24.1. The van der Waals surface area contributed by atoms with E-state index in [0.29, 0.717) is 23.7 Å².